The van der Waals surface area contributed by atoms with Crippen molar-refractivity contribution >= 4 is 12.0 Å². The monoisotopic (exact) mass is 287 g/mol. The summed E-state index contributed by atoms with van der Waals surface area (Å²) in [6.45, 7) is 0.868. The molecular weight excluding hydrogens is 262 g/mol. The number of hydrogen-bond acceptors (Lipinski definition) is 4. The fourth-order valence-electron chi connectivity index (χ4n) is 2.37. The molecule has 0 heterocycles. The summed E-state index contributed by atoms with van der Waals surface area (Å²) in [5.74, 6) is -1.01. The van der Waals surface area contributed by atoms with E-state index in [4.69, 9.17) is 9.84 Å². The first-order chi connectivity index (χ1) is 9.37. The topological polar surface area (TPSA) is 82.1 Å². The lowest BCUT2D eigenvalue weighted by Crippen LogP contribution is -2.58. The van der Waals surface area contributed by atoms with Crippen molar-refractivity contribution in [3.05, 3.63) is 0 Å². The first-order valence-electron chi connectivity index (χ1n) is 6.83. The number of urea groups is 1. The molecule has 1 saturated carbocycles. The molecule has 0 unspecified atom stereocenters. The highest BCUT2D eigenvalue weighted by Crippen LogP contribution is 2.36. The van der Waals surface area contributed by atoms with Crippen LogP contribution >= 0.6 is 0 Å². The van der Waals surface area contributed by atoms with Crippen LogP contribution in [0.3, 0.4) is 0 Å². The van der Waals surface area contributed by atoms with Crippen LogP contribution in [0.1, 0.15) is 19.3 Å². The van der Waals surface area contributed by atoms with Crippen molar-refractivity contribution in [3.63, 3.8) is 0 Å². The molecule has 2 N–H and O–H groups in total. The molecule has 20 heavy (non-hydrogen) atoms. The van der Waals surface area contributed by atoms with Gasteiger partial charge in [-0.2, -0.15) is 0 Å². The summed E-state index contributed by atoms with van der Waals surface area (Å²) in [4.78, 5) is 26.0. The van der Waals surface area contributed by atoms with E-state index >= 15 is 0 Å². The Hall–Kier alpha value is -1.34. The van der Waals surface area contributed by atoms with Crippen molar-refractivity contribution in [3.8, 4) is 0 Å². The number of amides is 2. The predicted molar refractivity (Wildman–Crippen MR) is 74.8 cm³/mol. The van der Waals surface area contributed by atoms with Gasteiger partial charge in [-0.1, -0.05) is 0 Å². The minimum Gasteiger partial charge on any atom is -0.480 e. The highest BCUT2D eigenvalue weighted by molar-refractivity contribution is 5.74. The van der Waals surface area contributed by atoms with Crippen LogP contribution in [0.25, 0.3) is 0 Å². The molecule has 0 spiro atoms. The zero-order valence-electron chi connectivity index (χ0n) is 12.5. The van der Waals surface area contributed by atoms with Crippen molar-refractivity contribution in [1.82, 2.24) is 15.1 Å². The van der Waals surface area contributed by atoms with Gasteiger partial charge in [0, 0.05) is 25.7 Å². The van der Waals surface area contributed by atoms with Crippen LogP contribution in [0, 0.1) is 0 Å². The first kappa shape index (κ1) is 16.7. The minimum absolute atomic E-state index is 0.103. The molecule has 0 radical (unpaired) electrons. The molecule has 0 atom stereocenters. The summed E-state index contributed by atoms with van der Waals surface area (Å²) in [6, 6.07) is -0.156. The Morgan fingerprint density at radius 3 is 2.40 bits per heavy atom. The third-order valence-corrected chi connectivity index (χ3v) is 3.86. The van der Waals surface area contributed by atoms with Crippen LogP contribution in [0.4, 0.5) is 4.79 Å². The van der Waals surface area contributed by atoms with Crippen LogP contribution in [0.5, 0.6) is 0 Å². The van der Waals surface area contributed by atoms with Crippen molar-refractivity contribution in [1.29, 1.82) is 0 Å². The number of carboxylic acids is 1. The van der Waals surface area contributed by atoms with Gasteiger partial charge in [-0.25, -0.2) is 9.59 Å². The van der Waals surface area contributed by atoms with E-state index in [-0.39, 0.29) is 24.8 Å². The summed E-state index contributed by atoms with van der Waals surface area (Å²) >= 11 is 0. The van der Waals surface area contributed by atoms with E-state index in [1.54, 1.807) is 11.9 Å². The summed E-state index contributed by atoms with van der Waals surface area (Å²) < 4.78 is 4.86. The van der Waals surface area contributed by atoms with Gasteiger partial charge in [0.05, 0.1) is 6.61 Å². The van der Waals surface area contributed by atoms with Gasteiger partial charge in [0.15, 0.2) is 0 Å². The van der Waals surface area contributed by atoms with Gasteiger partial charge in [-0.05, 0) is 33.4 Å². The summed E-state index contributed by atoms with van der Waals surface area (Å²) in [5.41, 5.74) is 0.103. The highest BCUT2D eigenvalue weighted by Gasteiger charge is 2.40. The number of rotatable bonds is 8. The first-order valence-corrected chi connectivity index (χ1v) is 6.83. The number of carbonyl (C=O) groups is 2. The lowest BCUT2D eigenvalue weighted by atomic mass is 9.75. The molecule has 7 nitrogen and oxygen atoms in total. The number of nitrogens with zero attached hydrogens (tertiary/aromatic N) is 2. The minimum atomic E-state index is -1.01. The number of carbonyl (C=O) groups excluding carboxylic acids is 1. The number of likely N-dealkylation sites (N-methyl/N-ethyl adjacent to an activating group) is 2. The smallest absolute Gasteiger partial charge is 0.329 e. The van der Waals surface area contributed by atoms with Gasteiger partial charge in [-0.15, -0.1) is 0 Å². The van der Waals surface area contributed by atoms with E-state index in [1.807, 2.05) is 14.1 Å². The molecule has 0 aromatic carbocycles. The molecular formula is C13H25N3O4. The average molecular weight is 287 g/mol. The van der Waals surface area contributed by atoms with Crippen LogP contribution < -0.4 is 5.32 Å². The number of carboxylic acid groups (broad SMARTS) is 1. The normalized spacial score (nSPS) is 16.6. The quantitative estimate of drug-likeness (QED) is 0.624. The van der Waals surface area contributed by atoms with E-state index in [1.165, 1.54) is 6.42 Å². The van der Waals surface area contributed by atoms with Crippen molar-refractivity contribution < 1.29 is 19.4 Å². The molecule has 1 fully saturated rings. The van der Waals surface area contributed by atoms with Crippen LogP contribution in [0.2, 0.25) is 0 Å². The van der Waals surface area contributed by atoms with Gasteiger partial charge in [0.2, 0.25) is 0 Å². The van der Waals surface area contributed by atoms with E-state index in [0.29, 0.717) is 13.1 Å². The fraction of sp³-hybridized carbons (Fsp3) is 0.846. The van der Waals surface area contributed by atoms with Gasteiger partial charge >= 0.3 is 12.0 Å². The Labute approximate surface area is 119 Å². The van der Waals surface area contributed by atoms with Gasteiger partial charge < -0.3 is 25.0 Å². The molecule has 1 aliphatic carbocycles. The molecule has 1 rings (SSSR count). The molecule has 0 aliphatic heterocycles. The Bertz CT molecular complexity index is 343. The second-order valence-corrected chi connectivity index (χ2v) is 5.51. The van der Waals surface area contributed by atoms with E-state index in [0.717, 1.165) is 12.8 Å². The molecule has 0 saturated heterocycles. The Balaban J connectivity index is 2.24. The van der Waals surface area contributed by atoms with Crippen LogP contribution in [0.15, 0.2) is 0 Å². The van der Waals surface area contributed by atoms with Gasteiger partial charge in [0.1, 0.15) is 6.61 Å². The standard InChI is InChI=1S/C13H25N3O4/c1-15(2)13(5-4-6-13)10-16(3)12(19)14-7-8-20-9-11(17)18/h4-10H2,1-3H3,(H,14,19)(H,17,18). The SMILES string of the molecule is CN(CC1(N(C)C)CCC1)C(=O)NCCOCC(=O)O. The second kappa shape index (κ2) is 7.44. The largest absolute Gasteiger partial charge is 0.480 e. The zero-order chi connectivity index (χ0) is 15.2. The number of ether oxygens (including phenoxy) is 1. The summed E-state index contributed by atoms with van der Waals surface area (Å²) in [7, 11) is 5.87. The summed E-state index contributed by atoms with van der Waals surface area (Å²) in [6.07, 6.45) is 3.43. The third kappa shape index (κ3) is 4.64. The van der Waals surface area contributed by atoms with E-state index in [9.17, 15) is 9.59 Å². The van der Waals surface area contributed by atoms with Crippen molar-refractivity contribution in [2.24, 2.45) is 0 Å². The predicted octanol–water partition coefficient (Wildman–Crippen LogP) is 0.213. The molecule has 7 heteroatoms. The second-order valence-electron chi connectivity index (χ2n) is 5.51. The van der Waals surface area contributed by atoms with Gasteiger partial charge in [0.25, 0.3) is 0 Å². The lowest BCUT2D eigenvalue weighted by molar-refractivity contribution is -0.142. The molecule has 2 amide bonds. The average Bonchev–Trinajstić information content (AvgIpc) is 2.31. The van der Waals surface area contributed by atoms with Crippen molar-refractivity contribution in [2.75, 3.05) is 47.4 Å². The maximum Gasteiger partial charge on any atom is 0.329 e. The molecule has 0 aromatic heterocycles. The van der Waals surface area contributed by atoms with Crippen molar-refractivity contribution in [2.45, 2.75) is 24.8 Å². The number of hydrogen-bond donors (Lipinski definition) is 2. The van der Waals surface area contributed by atoms with E-state index < -0.39 is 5.97 Å². The fourth-order valence-corrected chi connectivity index (χ4v) is 2.37. The van der Waals surface area contributed by atoms with Crippen LogP contribution in [-0.4, -0.2) is 79.9 Å². The Morgan fingerprint density at radius 2 is 1.95 bits per heavy atom. The summed E-state index contributed by atoms with van der Waals surface area (Å²) in [5, 5.41) is 11.1. The lowest BCUT2D eigenvalue weighted by Gasteiger charge is -2.49. The highest BCUT2D eigenvalue weighted by atomic mass is 16.5. The zero-order valence-corrected chi connectivity index (χ0v) is 12.5. The number of nitrogens with one attached hydrogen (secondary N) is 1. The van der Waals surface area contributed by atoms with Gasteiger partial charge in [-0.3, -0.25) is 0 Å². The molecule has 0 aromatic rings. The third-order valence-electron chi connectivity index (χ3n) is 3.86. The molecule has 0 bridgehead atoms. The molecule has 1 aliphatic rings. The molecule has 116 valence electrons. The Morgan fingerprint density at radius 1 is 1.30 bits per heavy atom. The number of aliphatic carboxylic acids is 1. The maximum atomic E-state index is 11.9. The van der Waals surface area contributed by atoms with E-state index in [2.05, 4.69) is 10.2 Å². The maximum absolute atomic E-state index is 11.9. The Kier molecular flexibility index (Phi) is 6.22. The van der Waals surface area contributed by atoms with Crippen LogP contribution in [-0.2, 0) is 9.53 Å².